The number of imidazole rings is 1. The van der Waals surface area contributed by atoms with E-state index in [-0.39, 0.29) is 17.2 Å². The number of nitrogens with zero attached hydrogens (tertiary/aromatic N) is 6. The molecule has 0 saturated carbocycles. The fraction of sp³-hybridized carbons (Fsp3) is 0.179. The van der Waals surface area contributed by atoms with Crippen LogP contribution in [-0.4, -0.2) is 49.4 Å². The van der Waals surface area contributed by atoms with Gasteiger partial charge in [0, 0.05) is 43.5 Å². The molecule has 1 saturated heterocycles. The van der Waals surface area contributed by atoms with Crippen LogP contribution < -0.4 is 21.9 Å². The molecule has 1 amide bonds. The lowest BCUT2D eigenvalue weighted by molar-refractivity contribution is 0.0999. The first kappa shape index (κ1) is 26.2. The lowest BCUT2D eigenvalue weighted by Gasteiger charge is -2.23. The van der Waals surface area contributed by atoms with E-state index in [1.54, 1.807) is 23.7 Å². The summed E-state index contributed by atoms with van der Waals surface area (Å²) in [6.45, 7) is 0.984. The number of rotatable bonds is 5. The molecule has 4 heterocycles. The molecule has 1 atom stereocenters. The van der Waals surface area contributed by atoms with Gasteiger partial charge in [0.15, 0.2) is 17.5 Å². The second kappa shape index (κ2) is 9.86. The van der Waals surface area contributed by atoms with Crippen LogP contribution in [0, 0.1) is 17.5 Å². The number of pyridine rings is 1. The number of primary amides is 1. The average Bonchev–Trinajstić information content (AvgIpc) is 3.51. The monoisotopic (exact) mass is 560 g/mol. The van der Waals surface area contributed by atoms with E-state index in [0.29, 0.717) is 52.3 Å². The van der Waals surface area contributed by atoms with Crippen molar-refractivity contribution in [2.24, 2.45) is 18.5 Å². The van der Waals surface area contributed by atoms with Gasteiger partial charge in [-0.3, -0.25) is 14.6 Å². The highest BCUT2D eigenvalue weighted by Gasteiger charge is 2.30. The molecule has 41 heavy (non-hydrogen) atoms. The first-order valence-corrected chi connectivity index (χ1v) is 12.6. The highest BCUT2D eigenvalue weighted by molar-refractivity contribution is 6.06. The van der Waals surface area contributed by atoms with Gasteiger partial charge in [-0.25, -0.2) is 18.2 Å². The summed E-state index contributed by atoms with van der Waals surface area (Å²) in [5.41, 5.74) is 11.9. The Bertz CT molecular complexity index is 1900. The summed E-state index contributed by atoms with van der Waals surface area (Å²) < 4.78 is 46.0. The van der Waals surface area contributed by atoms with Crippen LogP contribution in [0.4, 0.5) is 18.9 Å². The molecular weight excluding hydrogens is 537 g/mol. The minimum atomic E-state index is -1.11. The number of benzene rings is 2. The van der Waals surface area contributed by atoms with E-state index in [9.17, 15) is 22.8 Å². The second-order valence-corrected chi connectivity index (χ2v) is 9.76. The van der Waals surface area contributed by atoms with Crippen LogP contribution in [0.15, 0.2) is 59.8 Å². The molecule has 1 aliphatic rings. The summed E-state index contributed by atoms with van der Waals surface area (Å²) >= 11 is 0. The van der Waals surface area contributed by atoms with Crippen LogP contribution in [-0.2, 0) is 7.05 Å². The molecule has 0 radical (unpaired) electrons. The van der Waals surface area contributed by atoms with Gasteiger partial charge in [-0.15, -0.1) is 0 Å². The zero-order valence-electron chi connectivity index (χ0n) is 21.7. The maximum Gasteiger partial charge on any atom is 0.285 e. The van der Waals surface area contributed by atoms with Gasteiger partial charge in [-0.05, 0) is 36.8 Å². The third kappa shape index (κ3) is 4.21. The molecule has 13 heteroatoms. The largest absolute Gasteiger partial charge is 0.368 e. The Balaban J connectivity index is 1.64. The van der Waals surface area contributed by atoms with Gasteiger partial charge >= 0.3 is 0 Å². The molecule has 0 unspecified atom stereocenters. The van der Waals surface area contributed by atoms with Crippen molar-refractivity contribution in [3.8, 4) is 28.2 Å². The molecule has 0 spiro atoms. The first-order valence-electron chi connectivity index (χ1n) is 12.6. The molecule has 5 aromatic rings. The van der Waals surface area contributed by atoms with Crippen LogP contribution in [0.5, 0.6) is 0 Å². The van der Waals surface area contributed by atoms with Crippen molar-refractivity contribution in [1.82, 2.24) is 24.3 Å². The summed E-state index contributed by atoms with van der Waals surface area (Å²) in [5.74, 6) is -3.41. The van der Waals surface area contributed by atoms with Crippen LogP contribution >= 0.6 is 0 Å². The third-order valence-electron chi connectivity index (χ3n) is 7.24. The van der Waals surface area contributed by atoms with E-state index >= 15 is 0 Å². The van der Waals surface area contributed by atoms with Gasteiger partial charge < -0.3 is 20.9 Å². The number of para-hydroxylation sites is 1. The number of aromatic nitrogens is 5. The number of aryl methyl sites for hydroxylation is 1. The van der Waals surface area contributed by atoms with Crippen LogP contribution in [0.2, 0.25) is 0 Å². The van der Waals surface area contributed by atoms with E-state index in [2.05, 4.69) is 10.1 Å². The quantitative estimate of drug-likeness (QED) is 0.337. The first-order chi connectivity index (χ1) is 19.7. The van der Waals surface area contributed by atoms with E-state index < -0.39 is 40.2 Å². The standard InChI is InChI=1S/C28H23F3N8O2/c1-37-21-6-5-15(17-11-35-39(28(41)22(17)26(33)40)25-18(29)3-2-4-19(25)30)24(38-10-8-14(32)13-38)23(21)36-27(37)16-7-9-34-12-20(16)31/h2-7,9,11-12,14H,8,10,13,32H2,1H3,(H2,33,40)/t14-/m0/s1. The van der Waals surface area contributed by atoms with Crippen molar-refractivity contribution in [2.45, 2.75) is 12.5 Å². The summed E-state index contributed by atoms with van der Waals surface area (Å²) in [6.07, 6.45) is 4.39. The number of hydrogen-bond acceptors (Lipinski definition) is 7. The van der Waals surface area contributed by atoms with E-state index in [4.69, 9.17) is 16.5 Å². The lowest BCUT2D eigenvalue weighted by Crippen LogP contribution is -2.32. The van der Waals surface area contributed by atoms with E-state index in [1.807, 2.05) is 4.90 Å². The fourth-order valence-electron chi connectivity index (χ4n) is 5.32. The minimum Gasteiger partial charge on any atom is -0.368 e. The number of hydrogen-bond donors (Lipinski definition) is 2. The average molecular weight is 561 g/mol. The van der Waals surface area contributed by atoms with Gasteiger partial charge in [-0.1, -0.05) is 6.07 Å². The summed E-state index contributed by atoms with van der Waals surface area (Å²) in [6, 6.07) is 7.84. The molecule has 1 aliphatic heterocycles. The lowest BCUT2D eigenvalue weighted by atomic mass is 9.98. The van der Waals surface area contributed by atoms with Gasteiger partial charge in [0.05, 0.1) is 29.2 Å². The third-order valence-corrected chi connectivity index (χ3v) is 7.24. The van der Waals surface area contributed by atoms with E-state index in [1.165, 1.54) is 18.5 Å². The van der Waals surface area contributed by atoms with Crippen molar-refractivity contribution in [2.75, 3.05) is 18.0 Å². The fourth-order valence-corrected chi connectivity index (χ4v) is 5.32. The van der Waals surface area contributed by atoms with E-state index in [0.717, 1.165) is 24.4 Å². The predicted octanol–water partition coefficient (Wildman–Crippen LogP) is 2.90. The Kier molecular flexibility index (Phi) is 6.30. The minimum absolute atomic E-state index is 0.0511. The maximum absolute atomic E-state index is 14.7. The van der Waals surface area contributed by atoms with Crippen LogP contribution in [0.3, 0.4) is 0 Å². The SMILES string of the molecule is Cn1c(-c2ccncc2F)nc2c(N3CC[C@H](N)C3)c(-c3cnn(-c4c(F)cccc4F)c(=O)c3C(N)=O)ccc21. The van der Waals surface area contributed by atoms with Gasteiger partial charge in [0.1, 0.15) is 22.6 Å². The number of anilines is 1. The zero-order chi connectivity index (χ0) is 29.0. The molecule has 208 valence electrons. The number of carbonyl (C=O) groups is 1. The summed E-state index contributed by atoms with van der Waals surface area (Å²) in [4.78, 5) is 36.7. The van der Waals surface area contributed by atoms with Crippen molar-refractivity contribution >= 4 is 22.6 Å². The predicted molar refractivity (Wildman–Crippen MR) is 146 cm³/mol. The number of halogens is 3. The Morgan fingerprint density at radius 2 is 1.73 bits per heavy atom. The normalized spacial score (nSPS) is 15.1. The maximum atomic E-state index is 14.7. The van der Waals surface area contributed by atoms with Crippen molar-refractivity contribution in [1.29, 1.82) is 0 Å². The molecule has 10 nitrogen and oxygen atoms in total. The number of carbonyl (C=O) groups excluding carboxylic acids is 1. The number of amides is 1. The van der Waals surface area contributed by atoms with Gasteiger partial charge in [-0.2, -0.15) is 9.78 Å². The Morgan fingerprint density at radius 3 is 2.39 bits per heavy atom. The highest BCUT2D eigenvalue weighted by Crippen LogP contribution is 2.40. The zero-order valence-corrected chi connectivity index (χ0v) is 21.7. The number of nitrogens with two attached hydrogens (primary N) is 2. The molecule has 0 aliphatic carbocycles. The Hall–Kier alpha value is -5.04. The highest BCUT2D eigenvalue weighted by atomic mass is 19.1. The van der Waals surface area contributed by atoms with Gasteiger partial charge in [0.25, 0.3) is 11.5 Å². The van der Waals surface area contributed by atoms with Crippen LogP contribution in [0.1, 0.15) is 16.8 Å². The molecular formula is C28H23F3N8O2. The van der Waals surface area contributed by atoms with Crippen molar-refractivity contribution in [3.05, 3.63) is 88.4 Å². The molecule has 4 N–H and O–H groups in total. The Labute approximate surface area is 230 Å². The molecule has 3 aromatic heterocycles. The smallest absolute Gasteiger partial charge is 0.285 e. The number of fused-ring (bicyclic) bond motifs is 1. The van der Waals surface area contributed by atoms with Gasteiger partial charge in [0.2, 0.25) is 0 Å². The topological polar surface area (TPSA) is 138 Å². The Morgan fingerprint density at radius 1 is 0.976 bits per heavy atom. The molecule has 0 bridgehead atoms. The second-order valence-electron chi connectivity index (χ2n) is 9.76. The molecule has 6 rings (SSSR count). The van der Waals surface area contributed by atoms with Crippen molar-refractivity contribution in [3.63, 3.8) is 0 Å². The molecule has 2 aromatic carbocycles. The molecule has 1 fully saturated rings. The summed E-state index contributed by atoms with van der Waals surface area (Å²) in [7, 11) is 1.74. The van der Waals surface area contributed by atoms with Crippen LogP contribution in [0.25, 0.3) is 39.2 Å². The summed E-state index contributed by atoms with van der Waals surface area (Å²) in [5, 5.41) is 4.03. The van der Waals surface area contributed by atoms with Crippen molar-refractivity contribution < 1.29 is 18.0 Å².